The van der Waals surface area contributed by atoms with Crippen LogP contribution in [-0.2, 0) is 38.5 Å². The number of fused-ring (bicyclic) bond motifs is 15. The lowest BCUT2D eigenvalue weighted by Crippen LogP contribution is -2.03. The van der Waals surface area contributed by atoms with Gasteiger partial charge in [-0.2, -0.15) is 0 Å². The van der Waals surface area contributed by atoms with Crippen LogP contribution >= 0.6 is 0 Å². The summed E-state index contributed by atoms with van der Waals surface area (Å²) in [6, 6.07) is 13.0. The molecule has 0 amide bonds. The fourth-order valence-electron chi connectivity index (χ4n) is 9.18. The van der Waals surface area contributed by atoms with Gasteiger partial charge in [-0.15, -0.1) is 0 Å². The van der Waals surface area contributed by atoms with Crippen LogP contribution in [0, 0.1) is 0 Å². The minimum absolute atomic E-state index is 0.0196. The van der Waals surface area contributed by atoms with Gasteiger partial charge in [0.2, 0.25) is 0 Å². The maximum Gasteiger partial charge on any atom is 0.194 e. The average molecular weight is 547 g/mol. The molecule has 0 aromatic heterocycles. The zero-order valence-electron chi connectivity index (χ0n) is 23.7. The Bertz CT molecular complexity index is 2210. The molecular weight excluding hydrogens is 516 g/mol. The van der Waals surface area contributed by atoms with E-state index in [1.165, 1.54) is 33.4 Å². The van der Waals surface area contributed by atoms with Gasteiger partial charge in [0.05, 0.1) is 0 Å². The van der Waals surface area contributed by atoms with E-state index in [2.05, 4.69) is 36.4 Å². The molecule has 3 heteroatoms. The van der Waals surface area contributed by atoms with Crippen LogP contribution in [-0.4, -0.2) is 0 Å². The lowest BCUT2D eigenvalue weighted by Gasteiger charge is -2.15. The van der Waals surface area contributed by atoms with Crippen molar-refractivity contribution in [2.45, 2.75) is 77.0 Å². The van der Waals surface area contributed by atoms with Crippen LogP contribution < -0.4 is 16.3 Å². The van der Waals surface area contributed by atoms with E-state index in [4.69, 9.17) is 0 Å². The highest BCUT2D eigenvalue weighted by atomic mass is 16.1. The molecule has 7 aromatic rings. The summed E-state index contributed by atoms with van der Waals surface area (Å²) >= 11 is 0. The van der Waals surface area contributed by atoms with Crippen molar-refractivity contribution >= 4 is 64.6 Å². The average Bonchev–Trinajstić information content (AvgIpc) is 3.58. The molecule has 10 rings (SSSR count). The Morgan fingerprint density at radius 2 is 0.500 bits per heavy atom. The minimum Gasteiger partial charge on any atom is -0.289 e. The quantitative estimate of drug-likeness (QED) is 0.196. The molecule has 0 spiro atoms. The molecule has 0 heterocycles. The number of hydrogen-bond acceptors (Lipinski definition) is 3. The van der Waals surface area contributed by atoms with Gasteiger partial charge in [-0.05, 0) is 145 Å². The zero-order chi connectivity index (χ0) is 27.9. The predicted molar refractivity (Wildman–Crippen MR) is 174 cm³/mol. The van der Waals surface area contributed by atoms with E-state index in [1.807, 2.05) is 0 Å². The summed E-state index contributed by atoms with van der Waals surface area (Å²) in [4.78, 5) is 43.5. The van der Waals surface area contributed by atoms with Crippen LogP contribution in [0.3, 0.4) is 0 Å². The maximum absolute atomic E-state index is 14.5. The Hall–Kier alpha value is -4.11. The number of hydrogen-bond donors (Lipinski definition) is 0. The molecule has 0 aliphatic heterocycles. The number of benzene rings is 4. The van der Waals surface area contributed by atoms with Gasteiger partial charge in [0.15, 0.2) is 16.3 Å². The summed E-state index contributed by atoms with van der Waals surface area (Å²) in [6.07, 6.45) is 12.9. The van der Waals surface area contributed by atoms with Gasteiger partial charge < -0.3 is 0 Å². The topological polar surface area (TPSA) is 51.2 Å². The van der Waals surface area contributed by atoms with Crippen LogP contribution in [0.2, 0.25) is 0 Å². The van der Waals surface area contributed by atoms with Crippen molar-refractivity contribution in [3.05, 3.63) is 100 Å². The van der Waals surface area contributed by atoms with Crippen LogP contribution in [0.1, 0.15) is 71.9 Å². The summed E-state index contributed by atoms with van der Waals surface area (Å²) in [6.45, 7) is 0. The highest BCUT2D eigenvalue weighted by molar-refractivity contribution is 6.42. The van der Waals surface area contributed by atoms with Crippen molar-refractivity contribution in [2.75, 3.05) is 0 Å². The molecule has 3 nitrogen and oxygen atoms in total. The van der Waals surface area contributed by atoms with Gasteiger partial charge in [-0.1, -0.05) is 18.2 Å². The highest BCUT2D eigenvalue weighted by Gasteiger charge is 2.29. The highest BCUT2D eigenvalue weighted by Crippen LogP contribution is 2.45. The van der Waals surface area contributed by atoms with Gasteiger partial charge in [0.25, 0.3) is 0 Å². The van der Waals surface area contributed by atoms with Crippen molar-refractivity contribution in [1.29, 1.82) is 0 Å². The zero-order valence-corrected chi connectivity index (χ0v) is 23.7. The second kappa shape index (κ2) is 8.04. The lowest BCUT2D eigenvalue weighted by molar-refractivity contribution is 0.687. The molecule has 7 aromatic carbocycles. The molecule has 0 N–H and O–H groups in total. The monoisotopic (exact) mass is 546 g/mol. The summed E-state index contributed by atoms with van der Waals surface area (Å²) < 4.78 is 0. The Kier molecular flexibility index (Phi) is 4.49. The Balaban J connectivity index is 1.53. The second-order valence-electron chi connectivity index (χ2n) is 13.4. The fraction of sp³-hybridized carbons (Fsp3) is 0.308. The fourth-order valence-corrected chi connectivity index (χ4v) is 9.18. The molecule has 0 saturated heterocycles. The smallest absolute Gasteiger partial charge is 0.194 e. The van der Waals surface area contributed by atoms with Crippen LogP contribution in [0.4, 0.5) is 0 Å². The number of aryl methyl sites for hydroxylation is 6. The van der Waals surface area contributed by atoms with Gasteiger partial charge in [0.1, 0.15) is 0 Å². The standard InChI is InChI=1S/C39H30O3/c40-37-28-16-22-10-4-1-7-19(22)13-25(28)31-34(37)32-27-15-21-9-3-6-12-24(21)18-30(27)39(42)36(32)33-26-14-20-8-2-5-11-23(20)17-29(26)38(41)35(31)33/h13-18H,1-12H2. The molecule has 3 aliphatic rings. The van der Waals surface area contributed by atoms with E-state index in [0.717, 1.165) is 109 Å². The van der Waals surface area contributed by atoms with Crippen LogP contribution in [0.15, 0.2) is 50.8 Å². The first-order valence-corrected chi connectivity index (χ1v) is 15.9. The van der Waals surface area contributed by atoms with Crippen LogP contribution in [0.25, 0.3) is 64.6 Å². The largest absolute Gasteiger partial charge is 0.289 e. The summed E-state index contributed by atoms with van der Waals surface area (Å²) in [5.74, 6) is 0. The van der Waals surface area contributed by atoms with Gasteiger partial charge >= 0.3 is 0 Å². The molecule has 0 radical (unpaired) electrons. The third-order valence-corrected chi connectivity index (χ3v) is 11.2. The first-order chi connectivity index (χ1) is 20.6. The summed E-state index contributed by atoms with van der Waals surface area (Å²) in [5, 5.41) is 8.98. The van der Waals surface area contributed by atoms with E-state index in [-0.39, 0.29) is 16.3 Å². The lowest BCUT2D eigenvalue weighted by atomic mass is 9.89. The normalized spacial score (nSPS) is 17.1. The number of rotatable bonds is 0. The predicted octanol–water partition coefficient (Wildman–Crippen LogP) is 7.64. The van der Waals surface area contributed by atoms with E-state index in [1.54, 1.807) is 0 Å². The van der Waals surface area contributed by atoms with E-state index in [0.29, 0.717) is 32.3 Å². The second-order valence-corrected chi connectivity index (χ2v) is 13.4. The molecular formula is C39H30O3. The third kappa shape index (κ3) is 2.80. The summed E-state index contributed by atoms with van der Waals surface area (Å²) in [7, 11) is 0. The van der Waals surface area contributed by atoms with Crippen molar-refractivity contribution in [2.24, 2.45) is 0 Å². The minimum atomic E-state index is -0.0196. The van der Waals surface area contributed by atoms with Crippen molar-refractivity contribution in [1.82, 2.24) is 0 Å². The SMILES string of the molecule is O=c1c2cc3c(cc2c2c1c1c4cc5c(cc4c(=O)c1c1c4cc6c(cc4c(=O)c21)CCCC6)CCCC5)CCCC3. The third-order valence-electron chi connectivity index (χ3n) is 11.2. The van der Waals surface area contributed by atoms with E-state index >= 15 is 0 Å². The van der Waals surface area contributed by atoms with E-state index < -0.39 is 0 Å². The first-order valence-electron chi connectivity index (χ1n) is 15.9. The van der Waals surface area contributed by atoms with Gasteiger partial charge in [-0.25, -0.2) is 0 Å². The molecule has 0 bridgehead atoms. The first kappa shape index (κ1) is 23.5. The van der Waals surface area contributed by atoms with E-state index in [9.17, 15) is 14.4 Å². The molecule has 204 valence electrons. The summed E-state index contributed by atoms with van der Waals surface area (Å²) in [5.41, 5.74) is 7.65. The molecule has 0 fully saturated rings. The maximum atomic E-state index is 14.5. The molecule has 0 saturated carbocycles. The van der Waals surface area contributed by atoms with Crippen LogP contribution in [0.5, 0.6) is 0 Å². The Morgan fingerprint density at radius 3 is 0.738 bits per heavy atom. The molecule has 0 unspecified atom stereocenters. The Morgan fingerprint density at radius 1 is 0.286 bits per heavy atom. The van der Waals surface area contributed by atoms with Gasteiger partial charge in [-0.3, -0.25) is 14.4 Å². The molecule has 0 atom stereocenters. The van der Waals surface area contributed by atoms with Gasteiger partial charge in [0, 0.05) is 48.5 Å². The van der Waals surface area contributed by atoms with Crippen molar-refractivity contribution in [3.8, 4) is 0 Å². The molecule has 42 heavy (non-hydrogen) atoms. The Labute approximate surface area is 241 Å². The molecule has 3 aliphatic carbocycles. The van der Waals surface area contributed by atoms with Crippen molar-refractivity contribution < 1.29 is 0 Å². The van der Waals surface area contributed by atoms with Crippen molar-refractivity contribution in [3.63, 3.8) is 0 Å².